The van der Waals surface area contributed by atoms with Crippen LogP contribution in [-0.2, 0) is 9.59 Å². The van der Waals surface area contributed by atoms with E-state index >= 15 is 0 Å². The number of rotatable bonds is 15. The second-order valence-corrected chi connectivity index (χ2v) is 6.33. The molecule has 0 radical (unpaired) electrons. The number of amides is 1. The highest BCUT2D eigenvalue weighted by Crippen LogP contribution is 2.12. The number of primary amides is 1. The lowest BCUT2D eigenvalue weighted by molar-refractivity contribution is -0.133. The van der Waals surface area contributed by atoms with Crippen LogP contribution in [0, 0.1) is 0 Å². The quantitative estimate of drug-likeness (QED) is 0.371. The summed E-state index contributed by atoms with van der Waals surface area (Å²) in [6.45, 7) is 4.98. The Kier molecular flexibility index (Phi) is 13.2. The molecule has 0 rings (SSSR count). The van der Waals surface area contributed by atoms with E-state index in [1.807, 2.05) is 6.92 Å². The Balaban J connectivity index is 3.79. The van der Waals surface area contributed by atoms with Crippen molar-refractivity contribution in [3.8, 4) is 0 Å². The van der Waals surface area contributed by atoms with Gasteiger partial charge in [-0.25, -0.2) is 0 Å². The summed E-state index contributed by atoms with van der Waals surface area (Å²) in [6, 6.07) is -0.742. The molecule has 0 aromatic carbocycles. The maximum absolute atomic E-state index is 12.2. The highest BCUT2D eigenvalue weighted by Gasteiger charge is 2.27. The Labute approximate surface area is 136 Å². The first-order valence-corrected chi connectivity index (χ1v) is 9.06. The van der Waals surface area contributed by atoms with Crippen LogP contribution in [0.1, 0.15) is 84.5 Å². The summed E-state index contributed by atoms with van der Waals surface area (Å²) in [6.07, 6.45) is 12.4. The normalized spacial score (nSPS) is 12.5. The van der Waals surface area contributed by atoms with Crippen molar-refractivity contribution in [1.82, 2.24) is 4.90 Å². The van der Waals surface area contributed by atoms with Gasteiger partial charge in [0.1, 0.15) is 6.04 Å². The molecule has 0 spiro atoms. The Bertz CT molecular complexity index is 305. The highest BCUT2D eigenvalue weighted by molar-refractivity contribution is 6.04. The highest BCUT2D eigenvalue weighted by atomic mass is 16.2. The summed E-state index contributed by atoms with van der Waals surface area (Å²) in [4.78, 5) is 25.4. The maximum Gasteiger partial charge on any atom is 0.242 e. The van der Waals surface area contributed by atoms with Crippen LogP contribution in [0.2, 0.25) is 0 Å². The number of unbranched alkanes of at least 4 members (excludes halogenated alkanes) is 8. The molecule has 2 N–H and O–H groups in total. The fraction of sp³-hybridized carbons (Fsp3) is 0.889. The van der Waals surface area contributed by atoms with Gasteiger partial charge in [0, 0.05) is 6.42 Å². The van der Waals surface area contributed by atoms with Crippen molar-refractivity contribution in [2.45, 2.75) is 90.5 Å². The number of carbonyl (C=O) groups excluding carboxylic acids is 2. The Morgan fingerprint density at radius 1 is 0.864 bits per heavy atom. The molecular formula is C18H36N2O2. The fourth-order valence-corrected chi connectivity index (χ4v) is 2.85. The zero-order chi connectivity index (χ0) is 16.8. The van der Waals surface area contributed by atoms with Gasteiger partial charge in [-0.1, -0.05) is 65.2 Å². The van der Waals surface area contributed by atoms with Gasteiger partial charge in [-0.15, -0.1) is 0 Å². The van der Waals surface area contributed by atoms with Crippen LogP contribution in [0.3, 0.4) is 0 Å². The SMILES string of the molecule is CCCCCCCCCCCC(=O)C(C(N)=O)N(C)CCC. The molecule has 130 valence electrons. The summed E-state index contributed by atoms with van der Waals surface area (Å²) in [5.74, 6) is -0.539. The average Bonchev–Trinajstić information content (AvgIpc) is 2.45. The van der Waals surface area contributed by atoms with Gasteiger partial charge in [0.2, 0.25) is 5.91 Å². The molecule has 22 heavy (non-hydrogen) atoms. The van der Waals surface area contributed by atoms with Crippen LogP contribution in [0.5, 0.6) is 0 Å². The van der Waals surface area contributed by atoms with Crippen molar-refractivity contribution in [2.75, 3.05) is 13.6 Å². The number of ketones is 1. The molecule has 0 fully saturated rings. The molecule has 0 aliphatic rings. The predicted octanol–water partition coefficient (Wildman–Crippen LogP) is 3.67. The van der Waals surface area contributed by atoms with Crippen molar-refractivity contribution < 1.29 is 9.59 Å². The summed E-state index contributed by atoms with van der Waals surface area (Å²) in [5, 5.41) is 0. The molecule has 0 saturated heterocycles. The number of hydrogen-bond acceptors (Lipinski definition) is 3. The molecule has 1 atom stereocenters. The molecule has 0 saturated carbocycles. The summed E-state index contributed by atoms with van der Waals surface area (Å²) >= 11 is 0. The summed E-state index contributed by atoms with van der Waals surface area (Å²) in [5.41, 5.74) is 5.38. The molecule has 0 aliphatic carbocycles. The number of likely N-dealkylation sites (N-methyl/N-ethyl adjacent to an activating group) is 1. The molecule has 4 heteroatoms. The molecule has 0 bridgehead atoms. The van der Waals surface area contributed by atoms with Crippen molar-refractivity contribution in [1.29, 1.82) is 0 Å². The molecular weight excluding hydrogens is 276 g/mol. The lowest BCUT2D eigenvalue weighted by Crippen LogP contribution is -2.48. The first kappa shape index (κ1) is 21.1. The summed E-state index contributed by atoms with van der Waals surface area (Å²) in [7, 11) is 1.80. The standard InChI is InChI=1S/C18H36N2O2/c1-4-6-7-8-9-10-11-12-13-14-16(21)17(18(19)22)20(3)15-5-2/h17H,4-15H2,1-3H3,(H2,19,22). The minimum Gasteiger partial charge on any atom is -0.368 e. The molecule has 0 aromatic heterocycles. The number of nitrogens with two attached hydrogens (primary N) is 1. The van der Waals surface area contributed by atoms with Crippen LogP contribution in [0.4, 0.5) is 0 Å². The van der Waals surface area contributed by atoms with Gasteiger partial charge in [0.05, 0.1) is 0 Å². The Hall–Kier alpha value is -0.900. The van der Waals surface area contributed by atoms with Crippen LogP contribution in [0.15, 0.2) is 0 Å². The smallest absolute Gasteiger partial charge is 0.242 e. The van der Waals surface area contributed by atoms with Crippen molar-refractivity contribution in [3.63, 3.8) is 0 Å². The third-order valence-corrected chi connectivity index (χ3v) is 4.12. The Morgan fingerprint density at radius 3 is 1.82 bits per heavy atom. The van der Waals surface area contributed by atoms with E-state index in [-0.39, 0.29) is 5.78 Å². The second-order valence-electron chi connectivity index (χ2n) is 6.33. The van der Waals surface area contributed by atoms with E-state index < -0.39 is 11.9 Å². The molecule has 4 nitrogen and oxygen atoms in total. The van der Waals surface area contributed by atoms with Crippen molar-refractivity contribution in [3.05, 3.63) is 0 Å². The molecule has 1 amide bonds. The van der Waals surface area contributed by atoms with Gasteiger partial charge in [-0.05, 0) is 26.4 Å². The maximum atomic E-state index is 12.2. The zero-order valence-electron chi connectivity index (χ0n) is 14.9. The number of carbonyl (C=O) groups is 2. The van der Waals surface area contributed by atoms with Crippen molar-refractivity contribution in [2.24, 2.45) is 5.73 Å². The topological polar surface area (TPSA) is 63.4 Å². The lowest BCUT2D eigenvalue weighted by Gasteiger charge is -2.23. The van der Waals surface area contributed by atoms with E-state index in [0.29, 0.717) is 6.42 Å². The number of Topliss-reactive ketones (excluding diaryl/α,β-unsaturated/α-hetero) is 1. The van der Waals surface area contributed by atoms with Crippen LogP contribution in [-0.4, -0.2) is 36.2 Å². The van der Waals surface area contributed by atoms with E-state index in [2.05, 4.69) is 6.92 Å². The van der Waals surface area contributed by atoms with Gasteiger partial charge in [-0.3, -0.25) is 14.5 Å². The van der Waals surface area contributed by atoms with Gasteiger partial charge in [0.25, 0.3) is 0 Å². The Morgan fingerprint density at radius 2 is 1.36 bits per heavy atom. The summed E-state index contributed by atoms with van der Waals surface area (Å²) < 4.78 is 0. The van der Waals surface area contributed by atoms with E-state index in [0.717, 1.165) is 25.8 Å². The first-order chi connectivity index (χ1) is 10.5. The first-order valence-electron chi connectivity index (χ1n) is 9.06. The van der Waals surface area contributed by atoms with Crippen LogP contribution in [0.25, 0.3) is 0 Å². The van der Waals surface area contributed by atoms with Gasteiger partial charge in [-0.2, -0.15) is 0 Å². The van der Waals surface area contributed by atoms with Gasteiger partial charge < -0.3 is 5.73 Å². The van der Waals surface area contributed by atoms with E-state index in [4.69, 9.17) is 5.73 Å². The van der Waals surface area contributed by atoms with Gasteiger partial charge in [0.15, 0.2) is 5.78 Å². The second kappa shape index (κ2) is 13.7. The third-order valence-electron chi connectivity index (χ3n) is 4.12. The zero-order valence-corrected chi connectivity index (χ0v) is 14.9. The fourth-order valence-electron chi connectivity index (χ4n) is 2.85. The van der Waals surface area contributed by atoms with Gasteiger partial charge >= 0.3 is 0 Å². The van der Waals surface area contributed by atoms with E-state index in [9.17, 15) is 9.59 Å². The van der Waals surface area contributed by atoms with E-state index in [1.165, 1.54) is 44.9 Å². The number of nitrogens with zero attached hydrogens (tertiary/aromatic N) is 1. The number of hydrogen-bond donors (Lipinski definition) is 1. The largest absolute Gasteiger partial charge is 0.368 e. The molecule has 0 aliphatic heterocycles. The lowest BCUT2D eigenvalue weighted by atomic mass is 10.0. The molecule has 1 unspecified atom stereocenters. The average molecular weight is 312 g/mol. The van der Waals surface area contributed by atoms with Crippen molar-refractivity contribution >= 4 is 11.7 Å². The predicted molar refractivity (Wildman–Crippen MR) is 92.8 cm³/mol. The molecule has 0 heterocycles. The van der Waals surface area contributed by atoms with E-state index in [1.54, 1.807) is 11.9 Å². The minimum absolute atomic E-state index is 0.0219. The van der Waals surface area contributed by atoms with Crippen LogP contribution >= 0.6 is 0 Å². The minimum atomic E-state index is -0.742. The third kappa shape index (κ3) is 9.93. The van der Waals surface area contributed by atoms with Crippen LogP contribution < -0.4 is 5.73 Å². The monoisotopic (exact) mass is 312 g/mol. The molecule has 0 aromatic rings.